The Balaban J connectivity index is 1.44. The number of halogens is 1. The second kappa shape index (κ2) is 8.02. The molecule has 1 heterocycles. The van der Waals surface area contributed by atoms with Gasteiger partial charge in [0.2, 0.25) is 0 Å². The number of hydrogen-bond donors (Lipinski definition) is 2. The van der Waals surface area contributed by atoms with Crippen molar-refractivity contribution in [1.82, 2.24) is 4.98 Å². The lowest BCUT2D eigenvalue weighted by Gasteiger charge is -2.06. The number of nitrogens with zero attached hydrogens (tertiary/aromatic N) is 1. The van der Waals surface area contributed by atoms with Crippen LogP contribution in [0.15, 0.2) is 84.2 Å². The highest BCUT2D eigenvalue weighted by Gasteiger charge is 2.10. The maximum absolute atomic E-state index is 13.6. The number of rotatable bonds is 4. The molecule has 3 aromatic carbocycles. The number of hydrogen-bond acceptors (Lipinski definition) is 3. The maximum atomic E-state index is 13.6. The van der Waals surface area contributed by atoms with E-state index in [1.54, 1.807) is 12.1 Å². The fraction of sp³-hybridized carbons (Fsp3) is 0. The lowest BCUT2D eigenvalue weighted by molar-refractivity contribution is 0.262. The third-order valence-corrected chi connectivity index (χ3v) is 4.89. The average molecular weight is 389 g/mol. The van der Waals surface area contributed by atoms with Crippen LogP contribution in [0.2, 0.25) is 0 Å². The molecule has 1 aromatic heterocycles. The van der Waals surface area contributed by atoms with Gasteiger partial charge in [-0.1, -0.05) is 66.7 Å². The smallest absolute Gasteiger partial charge is 0.305 e. The van der Waals surface area contributed by atoms with Gasteiger partial charge >= 0.3 is 6.03 Å². The third-order valence-electron chi connectivity index (χ3n) is 4.13. The molecule has 0 aliphatic rings. The first-order chi connectivity index (χ1) is 13.7. The molecule has 0 atom stereocenters. The monoisotopic (exact) mass is 389 g/mol. The Morgan fingerprint density at radius 2 is 1.43 bits per heavy atom. The molecule has 0 aliphatic heterocycles. The molecule has 4 nitrogen and oxygen atoms in total. The van der Waals surface area contributed by atoms with Gasteiger partial charge in [-0.2, -0.15) is 0 Å². The minimum Gasteiger partial charge on any atom is -0.305 e. The molecular formula is C22H16FN3OS. The van der Waals surface area contributed by atoms with Crippen LogP contribution in [0.3, 0.4) is 0 Å². The van der Waals surface area contributed by atoms with Gasteiger partial charge in [0.15, 0.2) is 5.13 Å². The summed E-state index contributed by atoms with van der Waals surface area (Å²) < 4.78 is 13.6. The Kier molecular flexibility index (Phi) is 5.12. The van der Waals surface area contributed by atoms with Crippen molar-refractivity contribution in [2.45, 2.75) is 0 Å². The zero-order chi connectivity index (χ0) is 19.3. The van der Waals surface area contributed by atoms with Crippen molar-refractivity contribution in [2.75, 3.05) is 10.6 Å². The van der Waals surface area contributed by atoms with E-state index in [0.717, 1.165) is 22.4 Å². The van der Waals surface area contributed by atoms with Crippen LogP contribution >= 0.6 is 11.3 Å². The first-order valence-electron chi connectivity index (χ1n) is 8.63. The van der Waals surface area contributed by atoms with E-state index in [9.17, 15) is 9.18 Å². The van der Waals surface area contributed by atoms with Crippen LogP contribution in [0.25, 0.3) is 22.4 Å². The Morgan fingerprint density at radius 1 is 0.786 bits per heavy atom. The van der Waals surface area contributed by atoms with Gasteiger partial charge in [-0.3, -0.25) is 5.32 Å². The second-order valence-electron chi connectivity index (χ2n) is 6.04. The summed E-state index contributed by atoms with van der Waals surface area (Å²) in [6.45, 7) is 0. The van der Waals surface area contributed by atoms with Crippen LogP contribution < -0.4 is 10.6 Å². The number of para-hydroxylation sites is 1. The van der Waals surface area contributed by atoms with Crippen molar-refractivity contribution >= 4 is 28.2 Å². The van der Waals surface area contributed by atoms with Crippen molar-refractivity contribution < 1.29 is 9.18 Å². The van der Waals surface area contributed by atoms with Crippen LogP contribution in [0.1, 0.15) is 0 Å². The fourth-order valence-corrected chi connectivity index (χ4v) is 3.46. The molecular weight excluding hydrogens is 373 g/mol. The number of benzene rings is 3. The molecule has 28 heavy (non-hydrogen) atoms. The number of amides is 2. The number of urea groups is 1. The van der Waals surface area contributed by atoms with Gasteiger partial charge in [0, 0.05) is 10.9 Å². The van der Waals surface area contributed by atoms with Gasteiger partial charge < -0.3 is 5.32 Å². The van der Waals surface area contributed by atoms with Crippen LogP contribution in [-0.2, 0) is 0 Å². The highest BCUT2D eigenvalue weighted by Crippen LogP contribution is 2.27. The lowest BCUT2D eigenvalue weighted by Crippen LogP contribution is -2.19. The van der Waals surface area contributed by atoms with E-state index in [-0.39, 0.29) is 5.69 Å². The minimum atomic E-state index is -0.537. The van der Waals surface area contributed by atoms with Crippen LogP contribution in [0.4, 0.5) is 20.0 Å². The molecule has 138 valence electrons. The summed E-state index contributed by atoms with van der Waals surface area (Å²) in [6.07, 6.45) is 0. The van der Waals surface area contributed by atoms with E-state index >= 15 is 0 Å². The Morgan fingerprint density at radius 3 is 2.18 bits per heavy atom. The SMILES string of the molecule is O=C(Nc1nc(-c2ccc(-c3ccccc3)cc2)cs1)Nc1ccccc1F. The molecule has 2 N–H and O–H groups in total. The van der Waals surface area contributed by atoms with Gasteiger partial charge in [0.1, 0.15) is 5.82 Å². The number of aromatic nitrogens is 1. The molecule has 6 heteroatoms. The first-order valence-corrected chi connectivity index (χ1v) is 9.51. The third kappa shape index (κ3) is 4.07. The van der Waals surface area contributed by atoms with Crippen LogP contribution in [0, 0.1) is 5.82 Å². The summed E-state index contributed by atoms with van der Waals surface area (Å²) >= 11 is 1.31. The van der Waals surface area contributed by atoms with E-state index in [2.05, 4.69) is 27.8 Å². The summed E-state index contributed by atoms with van der Waals surface area (Å²) in [5, 5.41) is 7.42. The summed E-state index contributed by atoms with van der Waals surface area (Å²) in [4.78, 5) is 16.5. The Hall–Kier alpha value is -3.51. The zero-order valence-corrected chi connectivity index (χ0v) is 15.5. The molecule has 0 fully saturated rings. The van der Waals surface area contributed by atoms with Gasteiger partial charge in [0.05, 0.1) is 11.4 Å². The Bertz CT molecular complexity index is 1090. The first kappa shape index (κ1) is 17.9. The zero-order valence-electron chi connectivity index (χ0n) is 14.7. The number of carbonyl (C=O) groups is 1. The molecule has 0 bridgehead atoms. The molecule has 4 aromatic rings. The van der Waals surface area contributed by atoms with E-state index in [1.165, 1.54) is 23.5 Å². The highest BCUT2D eigenvalue weighted by atomic mass is 32.1. The normalized spacial score (nSPS) is 10.5. The van der Waals surface area contributed by atoms with Crippen LogP contribution in [0.5, 0.6) is 0 Å². The van der Waals surface area contributed by atoms with Crippen molar-refractivity contribution in [1.29, 1.82) is 0 Å². The quantitative estimate of drug-likeness (QED) is 0.433. The van der Waals surface area contributed by atoms with Gasteiger partial charge in [-0.25, -0.2) is 14.2 Å². The topological polar surface area (TPSA) is 54.0 Å². The molecule has 0 radical (unpaired) electrons. The molecule has 4 rings (SSSR count). The highest BCUT2D eigenvalue weighted by molar-refractivity contribution is 7.14. The van der Waals surface area contributed by atoms with Crippen molar-refractivity contribution in [3.63, 3.8) is 0 Å². The molecule has 0 saturated heterocycles. The number of nitrogens with one attached hydrogen (secondary N) is 2. The number of carbonyl (C=O) groups excluding carboxylic acids is 1. The maximum Gasteiger partial charge on any atom is 0.325 e. The van der Waals surface area contributed by atoms with E-state index in [4.69, 9.17) is 0 Å². The van der Waals surface area contributed by atoms with Crippen molar-refractivity contribution in [3.8, 4) is 22.4 Å². The summed E-state index contributed by atoms with van der Waals surface area (Å²) in [5.41, 5.74) is 4.12. The second-order valence-corrected chi connectivity index (χ2v) is 6.90. The average Bonchev–Trinajstić information content (AvgIpc) is 3.19. The van der Waals surface area contributed by atoms with Crippen molar-refractivity contribution in [2.24, 2.45) is 0 Å². The molecule has 2 amide bonds. The van der Waals surface area contributed by atoms with E-state index in [1.807, 2.05) is 47.8 Å². The van der Waals surface area contributed by atoms with Gasteiger partial charge in [0.25, 0.3) is 0 Å². The van der Waals surface area contributed by atoms with Gasteiger partial charge in [-0.05, 0) is 23.3 Å². The predicted octanol–water partition coefficient (Wildman–Crippen LogP) is 6.26. The van der Waals surface area contributed by atoms with E-state index < -0.39 is 11.8 Å². The Labute approximate surface area is 165 Å². The fourth-order valence-electron chi connectivity index (χ4n) is 2.74. The number of thiazole rings is 1. The number of anilines is 2. The molecule has 0 saturated carbocycles. The van der Waals surface area contributed by atoms with Gasteiger partial charge in [-0.15, -0.1) is 11.3 Å². The summed E-state index contributed by atoms with van der Waals surface area (Å²) in [6, 6.07) is 23.7. The standard InChI is InChI=1S/C22H16FN3OS/c23-18-8-4-5-9-19(18)24-21(27)26-22-25-20(14-28-22)17-12-10-16(11-13-17)15-6-2-1-3-7-15/h1-14H,(H2,24,25,26,27). The predicted molar refractivity (Wildman–Crippen MR) is 112 cm³/mol. The largest absolute Gasteiger partial charge is 0.325 e. The molecule has 0 unspecified atom stereocenters. The lowest BCUT2D eigenvalue weighted by atomic mass is 10.0. The minimum absolute atomic E-state index is 0.119. The summed E-state index contributed by atoms with van der Waals surface area (Å²) in [7, 11) is 0. The molecule has 0 spiro atoms. The summed E-state index contributed by atoms with van der Waals surface area (Å²) in [5.74, 6) is -0.490. The van der Waals surface area contributed by atoms with Crippen LogP contribution in [-0.4, -0.2) is 11.0 Å². The molecule has 0 aliphatic carbocycles. The van der Waals surface area contributed by atoms with E-state index in [0.29, 0.717) is 5.13 Å². The van der Waals surface area contributed by atoms with Crippen molar-refractivity contribution in [3.05, 3.63) is 90.1 Å².